The van der Waals surface area contributed by atoms with Crippen molar-refractivity contribution in [3.8, 4) is 5.75 Å². The second-order valence-electron chi connectivity index (χ2n) is 21.5. The van der Waals surface area contributed by atoms with Gasteiger partial charge in [-0.1, -0.05) is 44.5 Å². The SMILES string of the molecule is CC(C)(C)C[C@@H]1N[C@@H](C(=O)NC23CCC(C(=O)N4CCC[C@@H](Oc5ccc6c(c5)CN(C5CCC(=O)NC5=O)C6=O)C4)(CC2)CC3)[C@H](c2cccc(Cl)c2F)[C@]12CNc1cc(C(F)(F)F)ncc12. The highest BCUT2D eigenvalue weighted by molar-refractivity contribution is 6.30. The van der Waals surface area contributed by atoms with Crippen molar-refractivity contribution in [1.82, 2.24) is 30.7 Å². The number of piperidine rings is 2. The smallest absolute Gasteiger partial charge is 0.433 e. The van der Waals surface area contributed by atoms with Crippen LogP contribution in [0.1, 0.15) is 130 Å². The van der Waals surface area contributed by atoms with E-state index in [1.165, 1.54) is 17.2 Å². The van der Waals surface area contributed by atoms with E-state index in [-0.39, 0.29) is 77.4 Å². The third-order valence-corrected chi connectivity index (χ3v) is 16.4. The molecule has 6 heterocycles. The van der Waals surface area contributed by atoms with E-state index in [0.717, 1.165) is 24.5 Å². The fourth-order valence-corrected chi connectivity index (χ4v) is 12.9. The molecule has 3 saturated heterocycles. The number of carbonyl (C=O) groups excluding carboxylic acids is 5. The number of alkyl halides is 3. The van der Waals surface area contributed by atoms with Crippen LogP contribution in [0.3, 0.4) is 0 Å². The minimum atomic E-state index is -4.68. The highest BCUT2D eigenvalue weighted by Gasteiger charge is 2.63. The van der Waals surface area contributed by atoms with Crippen molar-refractivity contribution in [2.75, 3.05) is 25.0 Å². The van der Waals surface area contributed by atoms with Crippen molar-refractivity contribution >= 4 is 46.8 Å². The van der Waals surface area contributed by atoms with Gasteiger partial charge < -0.3 is 30.5 Å². The van der Waals surface area contributed by atoms with Gasteiger partial charge in [0.15, 0.2) is 0 Å². The molecule has 6 atom stereocenters. The average molecular weight is 962 g/mol. The lowest BCUT2D eigenvalue weighted by molar-refractivity contribution is -0.153. The van der Waals surface area contributed by atoms with E-state index < -0.39 is 64.0 Å². The molecule has 1 spiro atoms. The third-order valence-electron chi connectivity index (χ3n) is 16.1. The van der Waals surface area contributed by atoms with Crippen LogP contribution in [0, 0.1) is 16.6 Å². The minimum Gasteiger partial charge on any atom is -0.489 e. The van der Waals surface area contributed by atoms with E-state index in [2.05, 4.69) is 26.3 Å². The molecule has 18 heteroatoms. The highest BCUT2D eigenvalue weighted by Crippen LogP contribution is 2.58. The lowest BCUT2D eigenvalue weighted by Gasteiger charge is -2.54. The van der Waals surface area contributed by atoms with Crippen molar-refractivity contribution < 1.29 is 46.3 Å². The summed E-state index contributed by atoms with van der Waals surface area (Å²) in [5.41, 5.74) is -1.49. The molecule has 3 aromatic rings. The fraction of sp³-hybridized carbons (Fsp3) is 0.560. The number of aromatic nitrogens is 1. The maximum atomic E-state index is 16.4. The molecular formula is C50H56ClF4N7O6. The molecule has 2 aromatic carbocycles. The van der Waals surface area contributed by atoms with E-state index in [0.29, 0.717) is 74.9 Å². The molecule has 5 amide bonds. The molecule has 1 aromatic heterocycles. The number of hydrogen-bond acceptors (Lipinski definition) is 9. The number of amides is 5. The summed E-state index contributed by atoms with van der Waals surface area (Å²) < 4.78 is 64.6. The Labute approximate surface area is 396 Å². The zero-order valence-electron chi connectivity index (χ0n) is 38.3. The van der Waals surface area contributed by atoms with Crippen molar-refractivity contribution in [3.05, 3.63) is 87.4 Å². The van der Waals surface area contributed by atoms with Gasteiger partial charge in [0.1, 0.15) is 29.4 Å². The quantitative estimate of drug-likeness (QED) is 0.136. The van der Waals surface area contributed by atoms with Gasteiger partial charge in [0.25, 0.3) is 5.91 Å². The molecule has 1 unspecified atom stereocenters. The van der Waals surface area contributed by atoms with Crippen LogP contribution in [0.2, 0.25) is 5.02 Å². The summed E-state index contributed by atoms with van der Waals surface area (Å²) in [5.74, 6) is -2.33. The van der Waals surface area contributed by atoms with Crippen LogP contribution in [-0.4, -0.2) is 93.7 Å². The molecule has 8 aliphatic rings. The first-order valence-corrected chi connectivity index (χ1v) is 24.1. The number of imide groups is 1. The predicted molar refractivity (Wildman–Crippen MR) is 242 cm³/mol. The number of pyridine rings is 1. The Kier molecular flexibility index (Phi) is 11.4. The number of ether oxygens (including phenoxy) is 1. The monoisotopic (exact) mass is 961 g/mol. The molecule has 13 nitrogen and oxygen atoms in total. The van der Waals surface area contributed by atoms with E-state index in [1.54, 1.807) is 24.3 Å². The molecule has 3 aliphatic carbocycles. The number of carbonyl (C=O) groups is 5. The van der Waals surface area contributed by atoms with Crippen molar-refractivity contribution in [2.24, 2.45) is 10.8 Å². The van der Waals surface area contributed by atoms with Crippen LogP contribution in [0.15, 0.2) is 48.7 Å². The van der Waals surface area contributed by atoms with Crippen LogP contribution in [-0.2, 0) is 37.3 Å². The second-order valence-corrected chi connectivity index (χ2v) is 21.9. The number of likely N-dealkylation sites (tertiary alicyclic amines) is 1. The summed E-state index contributed by atoms with van der Waals surface area (Å²) in [7, 11) is 0. The molecule has 3 saturated carbocycles. The molecular weight excluding hydrogens is 906 g/mol. The fourth-order valence-electron chi connectivity index (χ4n) is 12.7. The number of benzene rings is 2. The lowest BCUT2D eigenvalue weighted by atomic mass is 9.56. The number of nitrogens with zero attached hydrogens (tertiary/aromatic N) is 3. The largest absolute Gasteiger partial charge is 0.489 e. The number of anilines is 1. The van der Waals surface area contributed by atoms with Crippen LogP contribution in [0.25, 0.3) is 0 Å². The van der Waals surface area contributed by atoms with E-state index >= 15 is 9.18 Å². The van der Waals surface area contributed by atoms with Gasteiger partial charge in [0, 0.05) is 77.4 Å². The first-order valence-electron chi connectivity index (χ1n) is 23.8. The van der Waals surface area contributed by atoms with Gasteiger partial charge in [-0.05, 0) is 111 Å². The average Bonchev–Trinajstić information content (AvgIpc) is 3.94. The zero-order chi connectivity index (χ0) is 48.1. The van der Waals surface area contributed by atoms with Crippen molar-refractivity contribution in [2.45, 2.75) is 145 Å². The Bertz CT molecular complexity index is 2580. The highest BCUT2D eigenvalue weighted by atomic mass is 35.5. The van der Waals surface area contributed by atoms with Gasteiger partial charge in [0.2, 0.25) is 23.6 Å². The van der Waals surface area contributed by atoms with E-state index in [4.69, 9.17) is 16.3 Å². The number of fused-ring (bicyclic) bond motifs is 6. The molecule has 68 heavy (non-hydrogen) atoms. The Balaban J connectivity index is 0.835. The summed E-state index contributed by atoms with van der Waals surface area (Å²) in [6, 6.07) is 8.74. The number of halogens is 5. The first kappa shape index (κ1) is 46.4. The Morgan fingerprint density at radius 2 is 1.75 bits per heavy atom. The van der Waals surface area contributed by atoms with Crippen LogP contribution < -0.4 is 26.0 Å². The Hall–Kier alpha value is -5.29. The second kappa shape index (κ2) is 16.7. The Morgan fingerprint density at radius 1 is 1.00 bits per heavy atom. The lowest BCUT2D eigenvalue weighted by Crippen LogP contribution is -2.63. The summed E-state index contributed by atoms with van der Waals surface area (Å²) in [6.07, 6.45) is 2.13. The van der Waals surface area contributed by atoms with Gasteiger partial charge in [0.05, 0.1) is 17.6 Å². The summed E-state index contributed by atoms with van der Waals surface area (Å²) >= 11 is 6.41. The molecule has 0 radical (unpaired) electrons. The van der Waals surface area contributed by atoms with E-state index in [1.807, 2.05) is 31.7 Å². The van der Waals surface area contributed by atoms with Crippen LogP contribution in [0.4, 0.5) is 23.2 Å². The Morgan fingerprint density at radius 3 is 2.46 bits per heavy atom. The molecule has 4 N–H and O–H groups in total. The number of hydrogen-bond donors (Lipinski definition) is 4. The minimum absolute atomic E-state index is 0.0838. The van der Waals surface area contributed by atoms with Gasteiger partial charge in [-0.2, -0.15) is 13.2 Å². The molecule has 6 fully saturated rings. The molecule has 362 valence electrons. The van der Waals surface area contributed by atoms with Gasteiger partial charge in [-0.3, -0.25) is 34.3 Å². The maximum absolute atomic E-state index is 16.4. The topological polar surface area (TPSA) is 162 Å². The van der Waals surface area contributed by atoms with Gasteiger partial charge >= 0.3 is 6.18 Å². The predicted octanol–water partition coefficient (Wildman–Crippen LogP) is 7.16. The van der Waals surface area contributed by atoms with Crippen LogP contribution in [0.5, 0.6) is 5.75 Å². The third kappa shape index (κ3) is 7.98. The molecule has 11 rings (SSSR count). The summed E-state index contributed by atoms with van der Waals surface area (Å²) in [5, 5.41) is 12.4. The molecule has 5 aliphatic heterocycles. The zero-order valence-corrected chi connectivity index (χ0v) is 39.0. The standard InChI is InChI=1S/C50H56ClF4N7O6/c1-46(2,3)22-37-49(26-57-34-21-36(50(53,54)55)56-23-32(34)49)39(31-7-4-8-33(51)40(31)52)41(58-37)43(65)60-48-16-13-47(14-17-48,15-18-48)45(67)61-19-5-6-29(25-61)68-28-9-10-30-27(20-28)24-62(44(30)66)35-11-12-38(63)59-42(35)64/h4,7-10,20-21,23,29,35,37,39,41,57-58H,5-6,11-19,22,24-26H2,1-3H3,(H,60,65)(H,59,63,64)/t29-,35?,37+,39+,41-,47?,48?,49+/m1/s1. The summed E-state index contributed by atoms with van der Waals surface area (Å²) in [4.78, 5) is 74.4. The van der Waals surface area contributed by atoms with Gasteiger partial charge in [-0.15, -0.1) is 0 Å². The number of rotatable bonds is 8. The summed E-state index contributed by atoms with van der Waals surface area (Å²) in [6.45, 7) is 7.51. The van der Waals surface area contributed by atoms with E-state index in [9.17, 15) is 32.3 Å². The first-order chi connectivity index (χ1) is 32.2. The maximum Gasteiger partial charge on any atom is 0.433 e. The number of nitrogens with one attached hydrogen (secondary N) is 4. The van der Waals surface area contributed by atoms with Crippen molar-refractivity contribution in [1.29, 1.82) is 0 Å². The molecule has 2 bridgehead atoms. The van der Waals surface area contributed by atoms with Crippen molar-refractivity contribution in [3.63, 3.8) is 0 Å². The van der Waals surface area contributed by atoms with Crippen LogP contribution >= 0.6 is 11.6 Å². The normalized spacial score (nSPS) is 31.1. The van der Waals surface area contributed by atoms with Gasteiger partial charge in [-0.25, -0.2) is 4.39 Å².